The first-order valence-electron chi connectivity index (χ1n) is 8.42. The fourth-order valence-electron chi connectivity index (χ4n) is 2.62. The summed E-state index contributed by atoms with van der Waals surface area (Å²) in [6, 6.07) is 16.2. The fraction of sp³-hybridized carbons (Fsp3) is 0.200. The van der Waals surface area contributed by atoms with Gasteiger partial charge in [-0.1, -0.05) is 42.5 Å². The molecule has 3 N–H and O–H groups in total. The average Bonchev–Trinajstić information content (AvgIpc) is 3.16. The maximum atomic E-state index is 6.03. The molecule has 0 radical (unpaired) electrons. The van der Waals surface area contributed by atoms with Crippen LogP contribution in [0.15, 0.2) is 72.2 Å². The molecule has 27 heavy (non-hydrogen) atoms. The van der Waals surface area contributed by atoms with Crippen molar-refractivity contribution in [2.75, 3.05) is 12.4 Å². The van der Waals surface area contributed by atoms with E-state index in [0.29, 0.717) is 19.1 Å². The molecule has 0 aliphatic rings. The van der Waals surface area contributed by atoms with Gasteiger partial charge in [-0.15, -0.1) is 24.0 Å². The molecule has 2 aromatic carbocycles. The summed E-state index contributed by atoms with van der Waals surface area (Å²) >= 11 is 0. The molecule has 0 atom stereocenters. The number of imidazole rings is 1. The summed E-state index contributed by atoms with van der Waals surface area (Å²) in [5.74, 6) is 0.385. The average molecular weight is 477 g/mol. The summed E-state index contributed by atoms with van der Waals surface area (Å²) in [7, 11) is 1.67. The van der Waals surface area contributed by atoms with Gasteiger partial charge in [0.15, 0.2) is 5.96 Å². The highest BCUT2D eigenvalue weighted by atomic mass is 127. The molecule has 0 saturated heterocycles. The monoisotopic (exact) mass is 477 g/mol. The Morgan fingerprint density at radius 2 is 1.89 bits per heavy atom. The molecule has 0 aliphatic carbocycles. The van der Waals surface area contributed by atoms with Crippen molar-refractivity contribution >= 4 is 35.6 Å². The minimum absolute atomic E-state index is 0. The number of nitrogens with zero attached hydrogens (tertiary/aromatic N) is 3. The van der Waals surface area contributed by atoms with E-state index in [1.165, 1.54) is 5.56 Å². The summed E-state index contributed by atoms with van der Waals surface area (Å²) in [4.78, 5) is 8.48. The van der Waals surface area contributed by atoms with Gasteiger partial charge in [0, 0.05) is 37.3 Å². The van der Waals surface area contributed by atoms with E-state index in [-0.39, 0.29) is 24.0 Å². The molecule has 0 saturated carbocycles. The molecule has 0 bridgehead atoms. The van der Waals surface area contributed by atoms with Crippen LogP contribution in [0.2, 0.25) is 0 Å². The zero-order valence-electron chi connectivity index (χ0n) is 15.2. The van der Waals surface area contributed by atoms with E-state index in [2.05, 4.69) is 39.6 Å². The standard InChI is InChI=1S/C20H23N5O.HI/c1-26-14-18-4-2-3-5-19(18)24-20(21)23-12-16-6-8-17(9-7-16)13-25-11-10-22-15-25;/h2-11,15H,12-14H2,1H3,(H3,21,23,24);1H. The van der Waals surface area contributed by atoms with Crippen LogP contribution in [0.25, 0.3) is 0 Å². The van der Waals surface area contributed by atoms with E-state index in [9.17, 15) is 0 Å². The van der Waals surface area contributed by atoms with Crippen molar-refractivity contribution < 1.29 is 4.74 Å². The van der Waals surface area contributed by atoms with Crippen LogP contribution in [0.3, 0.4) is 0 Å². The predicted molar refractivity (Wildman–Crippen MR) is 119 cm³/mol. The molecule has 0 fully saturated rings. The molecule has 3 rings (SSSR count). The smallest absolute Gasteiger partial charge is 0.193 e. The maximum absolute atomic E-state index is 6.03. The van der Waals surface area contributed by atoms with Gasteiger partial charge in [0.1, 0.15) is 0 Å². The topological polar surface area (TPSA) is 77.5 Å². The number of hydrogen-bond acceptors (Lipinski definition) is 3. The number of para-hydroxylation sites is 1. The number of benzene rings is 2. The summed E-state index contributed by atoms with van der Waals surface area (Å²) in [6.07, 6.45) is 5.54. The second kappa shape index (κ2) is 10.7. The molecule has 0 unspecified atom stereocenters. The number of nitrogens with one attached hydrogen (secondary N) is 1. The lowest BCUT2D eigenvalue weighted by molar-refractivity contribution is 0.185. The Hall–Kier alpha value is -2.39. The van der Waals surface area contributed by atoms with E-state index in [4.69, 9.17) is 10.5 Å². The SMILES string of the molecule is COCc1ccccc1NC(N)=NCc1ccc(Cn2ccnc2)cc1.I. The lowest BCUT2D eigenvalue weighted by Gasteiger charge is -2.11. The molecule has 1 aromatic heterocycles. The molecule has 3 aromatic rings. The second-order valence-corrected chi connectivity index (χ2v) is 5.97. The second-order valence-electron chi connectivity index (χ2n) is 5.97. The van der Waals surface area contributed by atoms with E-state index >= 15 is 0 Å². The molecular weight excluding hydrogens is 453 g/mol. The van der Waals surface area contributed by atoms with Crippen LogP contribution in [-0.2, 0) is 24.4 Å². The molecule has 142 valence electrons. The number of aromatic nitrogens is 2. The van der Waals surface area contributed by atoms with Crippen molar-refractivity contribution in [2.45, 2.75) is 19.7 Å². The normalized spacial score (nSPS) is 11.1. The Kier molecular flexibility index (Phi) is 8.28. The number of nitrogens with two attached hydrogens (primary N) is 1. The Labute approximate surface area is 176 Å². The third-order valence-electron chi connectivity index (χ3n) is 3.96. The highest BCUT2D eigenvalue weighted by Crippen LogP contribution is 2.15. The van der Waals surface area contributed by atoms with Crippen molar-refractivity contribution in [3.63, 3.8) is 0 Å². The first kappa shape index (κ1) is 20.9. The Balaban J connectivity index is 0.00000261. The molecule has 0 spiro atoms. The third-order valence-corrected chi connectivity index (χ3v) is 3.96. The Morgan fingerprint density at radius 3 is 2.59 bits per heavy atom. The van der Waals surface area contributed by atoms with Gasteiger partial charge in [-0.05, 0) is 17.2 Å². The van der Waals surface area contributed by atoms with E-state index in [1.54, 1.807) is 13.3 Å². The van der Waals surface area contributed by atoms with Gasteiger partial charge in [0.25, 0.3) is 0 Å². The molecule has 6 nitrogen and oxygen atoms in total. The molecular formula is C20H24IN5O. The molecule has 0 amide bonds. The Morgan fingerprint density at radius 1 is 1.15 bits per heavy atom. The number of guanidine groups is 1. The van der Waals surface area contributed by atoms with Crippen LogP contribution in [0.5, 0.6) is 0 Å². The van der Waals surface area contributed by atoms with Crippen LogP contribution in [0, 0.1) is 0 Å². The molecule has 0 aliphatic heterocycles. The first-order chi connectivity index (χ1) is 12.7. The van der Waals surface area contributed by atoms with Crippen molar-refractivity contribution in [1.29, 1.82) is 0 Å². The third kappa shape index (κ3) is 6.37. The lowest BCUT2D eigenvalue weighted by Crippen LogP contribution is -2.23. The van der Waals surface area contributed by atoms with Gasteiger partial charge in [0.2, 0.25) is 0 Å². The zero-order chi connectivity index (χ0) is 18.2. The van der Waals surface area contributed by atoms with Crippen molar-refractivity contribution in [2.24, 2.45) is 10.7 Å². The zero-order valence-corrected chi connectivity index (χ0v) is 17.5. The summed E-state index contributed by atoms with van der Waals surface area (Å²) in [5, 5.41) is 3.14. The number of anilines is 1. The Bertz CT molecular complexity index is 847. The fourth-order valence-corrected chi connectivity index (χ4v) is 2.62. The van der Waals surface area contributed by atoms with Crippen molar-refractivity contribution in [1.82, 2.24) is 9.55 Å². The van der Waals surface area contributed by atoms with Crippen LogP contribution < -0.4 is 11.1 Å². The number of methoxy groups -OCH3 is 1. The highest BCUT2D eigenvalue weighted by molar-refractivity contribution is 14.0. The van der Waals surface area contributed by atoms with E-state index in [1.807, 2.05) is 41.4 Å². The summed E-state index contributed by atoms with van der Waals surface area (Å²) in [6.45, 7) is 1.86. The van der Waals surface area contributed by atoms with Crippen LogP contribution >= 0.6 is 24.0 Å². The van der Waals surface area contributed by atoms with Crippen molar-refractivity contribution in [3.05, 3.63) is 83.9 Å². The summed E-state index contributed by atoms with van der Waals surface area (Å²) in [5.41, 5.74) is 10.3. The molecule has 7 heteroatoms. The van der Waals surface area contributed by atoms with E-state index < -0.39 is 0 Å². The summed E-state index contributed by atoms with van der Waals surface area (Å²) < 4.78 is 7.24. The predicted octanol–water partition coefficient (Wildman–Crippen LogP) is 3.62. The number of halogens is 1. The van der Waals surface area contributed by atoms with Crippen molar-refractivity contribution in [3.8, 4) is 0 Å². The largest absolute Gasteiger partial charge is 0.380 e. The minimum Gasteiger partial charge on any atom is -0.380 e. The number of rotatable bonds is 7. The quantitative estimate of drug-likeness (QED) is 0.310. The van der Waals surface area contributed by atoms with Gasteiger partial charge in [-0.25, -0.2) is 9.98 Å². The van der Waals surface area contributed by atoms with Crippen LogP contribution in [0.4, 0.5) is 5.69 Å². The van der Waals surface area contributed by atoms with Gasteiger partial charge in [0.05, 0.1) is 19.5 Å². The number of hydrogen-bond donors (Lipinski definition) is 2. The van der Waals surface area contributed by atoms with Crippen LogP contribution in [-0.4, -0.2) is 22.6 Å². The van der Waals surface area contributed by atoms with Gasteiger partial charge in [-0.3, -0.25) is 0 Å². The first-order valence-corrected chi connectivity index (χ1v) is 8.42. The number of aliphatic imine (C=N–C) groups is 1. The van der Waals surface area contributed by atoms with Crippen LogP contribution in [0.1, 0.15) is 16.7 Å². The number of ether oxygens (including phenoxy) is 1. The minimum atomic E-state index is 0. The van der Waals surface area contributed by atoms with E-state index in [0.717, 1.165) is 23.4 Å². The van der Waals surface area contributed by atoms with Gasteiger partial charge >= 0.3 is 0 Å². The maximum Gasteiger partial charge on any atom is 0.193 e. The van der Waals surface area contributed by atoms with Gasteiger partial charge < -0.3 is 20.4 Å². The highest BCUT2D eigenvalue weighted by Gasteiger charge is 2.02. The lowest BCUT2D eigenvalue weighted by atomic mass is 10.1. The van der Waals surface area contributed by atoms with Gasteiger partial charge in [-0.2, -0.15) is 0 Å². The molecule has 1 heterocycles.